The summed E-state index contributed by atoms with van der Waals surface area (Å²) in [5, 5.41) is 12.2. The van der Waals surface area contributed by atoms with E-state index >= 15 is 0 Å². The summed E-state index contributed by atoms with van der Waals surface area (Å²) in [6.45, 7) is 0.628. The Bertz CT molecular complexity index is 455. The predicted molar refractivity (Wildman–Crippen MR) is 68.3 cm³/mol. The Morgan fingerprint density at radius 2 is 2.39 bits per heavy atom. The summed E-state index contributed by atoms with van der Waals surface area (Å²) in [5.74, 6) is -0.548. The van der Waals surface area contributed by atoms with Crippen molar-refractivity contribution >= 4 is 23.4 Å². The standard InChI is InChI=1S/C12H15ClN2O3/c1-18-12(3-2-4-12)7-15-10-9(13)5-8(6-14-10)11(16)17/h5-6H,2-4,7H2,1H3,(H,14,15)(H,16,17). The Morgan fingerprint density at radius 1 is 1.67 bits per heavy atom. The summed E-state index contributed by atoms with van der Waals surface area (Å²) < 4.78 is 5.47. The number of ether oxygens (including phenoxy) is 1. The van der Waals surface area contributed by atoms with Crippen LogP contribution in [-0.2, 0) is 4.74 Å². The van der Waals surface area contributed by atoms with E-state index in [1.165, 1.54) is 12.3 Å². The van der Waals surface area contributed by atoms with Gasteiger partial charge < -0.3 is 15.2 Å². The minimum absolute atomic E-state index is 0.0793. The van der Waals surface area contributed by atoms with E-state index in [-0.39, 0.29) is 11.2 Å². The fourth-order valence-electron chi connectivity index (χ4n) is 1.95. The zero-order valence-electron chi connectivity index (χ0n) is 10.1. The number of halogens is 1. The third kappa shape index (κ3) is 2.57. The van der Waals surface area contributed by atoms with Crippen molar-refractivity contribution in [1.82, 2.24) is 4.98 Å². The number of nitrogens with zero attached hydrogens (tertiary/aromatic N) is 1. The van der Waals surface area contributed by atoms with Gasteiger partial charge in [0, 0.05) is 19.9 Å². The van der Waals surface area contributed by atoms with Gasteiger partial charge in [0.05, 0.1) is 16.2 Å². The summed E-state index contributed by atoms with van der Waals surface area (Å²) >= 11 is 5.98. The average Bonchev–Trinajstić information content (AvgIpc) is 2.29. The van der Waals surface area contributed by atoms with Gasteiger partial charge in [-0.15, -0.1) is 0 Å². The third-order valence-corrected chi connectivity index (χ3v) is 3.65. The van der Waals surface area contributed by atoms with Crippen LogP contribution in [0.25, 0.3) is 0 Å². The molecule has 1 aromatic rings. The molecule has 18 heavy (non-hydrogen) atoms. The van der Waals surface area contributed by atoms with Crippen LogP contribution in [0.3, 0.4) is 0 Å². The van der Waals surface area contributed by atoms with Crippen LogP contribution in [0.2, 0.25) is 5.02 Å². The predicted octanol–water partition coefficient (Wildman–Crippen LogP) is 2.41. The van der Waals surface area contributed by atoms with Crippen LogP contribution >= 0.6 is 11.6 Å². The number of anilines is 1. The SMILES string of the molecule is COC1(CNc2ncc(C(=O)O)cc2Cl)CCC1. The average molecular weight is 271 g/mol. The molecule has 98 valence electrons. The number of aromatic carboxylic acids is 1. The van der Waals surface area contributed by atoms with E-state index in [4.69, 9.17) is 21.4 Å². The molecule has 1 fully saturated rings. The number of hydrogen-bond donors (Lipinski definition) is 2. The number of carboxylic acid groups (broad SMARTS) is 1. The summed E-state index contributed by atoms with van der Waals surface area (Å²) in [5.41, 5.74) is -0.0492. The molecule has 0 aliphatic heterocycles. The molecule has 0 bridgehead atoms. The molecule has 0 spiro atoms. The highest BCUT2D eigenvalue weighted by Crippen LogP contribution is 2.35. The van der Waals surface area contributed by atoms with E-state index in [9.17, 15) is 4.79 Å². The lowest BCUT2D eigenvalue weighted by Gasteiger charge is -2.40. The molecule has 2 rings (SSSR count). The minimum Gasteiger partial charge on any atom is -0.478 e. The van der Waals surface area contributed by atoms with Crippen LogP contribution in [-0.4, -0.2) is 35.3 Å². The smallest absolute Gasteiger partial charge is 0.337 e. The van der Waals surface area contributed by atoms with Crippen molar-refractivity contribution in [2.75, 3.05) is 19.0 Å². The van der Waals surface area contributed by atoms with E-state index in [0.717, 1.165) is 19.3 Å². The molecular formula is C12H15ClN2O3. The first-order valence-electron chi connectivity index (χ1n) is 5.74. The van der Waals surface area contributed by atoms with Crippen molar-refractivity contribution in [3.05, 3.63) is 22.8 Å². The van der Waals surface area contributed by atoms with Crippen LogP contribution in [0.15, 0.2) is 12.3 Å². The molecule has 0 aromatic carbocycles. The van der Waals surface area contributed by atoms with Crippen LogP contribution in [0.5, 0.6) is 0 Å². The lowest BCUT2D eigenvalue weighted by atomic mass is 9.80. The fourth-order valence-corrected chi connectivity index (χ4v) is 2.19. The lowest BCUT2D eigenvalue weighted by molar-refractivity contribution is -0.0601. The van der Waals surface area contributed by atoms with Crippen LogP contribution in [0, 0.1) is 0 Å². The number of hydrogen-bond acceptors (Lipinski definition) is 4. The molecular weight excluding hydrogens is 256 g/mol. The number of carbonyl (C=O) groups is 1. The number of methoxy groups -OCH3 is 1. The van der Waals surface area contributed by atoms with Crippen LogP contribution in [0.4, 0.5) is 5.82 Å². The van der Waals surface area contributed by atoms with Gasteiger partial charge in [-0.3, -0.25) is 0 Å². The van der Waals surface area contributed by atoms with E-state index in [0.29, 0.717) is 17.4 Å². The Morgan fingerprint density at radius 3 is 2.83 bits per heavy atom. The molecule has 2 N–H and O–H groups in total. The van der Waals surface area contributed by atoms with E-state index in [1.54, 1.807) is 7.11 Å². The van der Waals surface area contributed by atoms with Crippen molar-refractivity contribution in [3.8, 4) is 0 Å². The third-order valence-electron chi connectivity index (χ3n) is 3.36. The van der Waals surface area contributed by atoms with Gasteiger partial charge in [0.25, 0.3) is 0 Å². The highest BCUT2D eigenvalue weighted by atomic mass is 35.5. The monoisotopic (exact) mass is 270 g/mol. The molecule has 1 saturated carbocycles. The Hall–Kier alpha value is -1.33. The molecule has 5 nitrogen and oxygen atoms in total. The highest BCUT2D eigenvalue weighted by molar-refractivity contribution is 6.33. The number of nitrogens with one attached hydrogen (secondary N) is 1. The number of aromatic nitrogens is 1. The summed E-state index contributed by atoms with van der Waals surface area (Å²) in [6, 6.07) is 1.39. The quantitative estimate of drug-likeness (QED) is 0.860. The lowest BCUT2D eigenvalue weighted by Crippen LogP contribution is -2.45. The van der Waals surface area contributed by atoms with Gasteiger partial charge in [0.2, 0.25) is 0 Å². The van der Waals surface area contributed by atoms with Crippen molar-refractivity contribution in [2.45, 2.75) is 24.9 Å². The number of carboxylic acids is 1. The molecule has 1 heterocycles. The first kappa shape index (κ1) is 13.1. The summed E-state index contributed by atoms with van der Waals surface area (Å²) in [6.07, 6.45) is 4.48. The molecule has 0 saturated heterocycles. The molecule has 6 heteroatoms. The molecule has 0 atom stereocenters. The first-order chi connectivity index (χ1) is 8.56. The van der Waals surface area contributed by atoms with Gasteiger partial charge in [-0.2, -0.15) is 0 Å². The van der Waals surface area contributed by atoms with Crippen molar-refractivity contribution in [2.24, 2.45) is 0 Å². The number of rotatable bonds is 5. The van der Waals surface area contributed by atoms with E-state index in [1.807, 2.05) is 0 Å². The second-order valence-electron chi connectivity index (χ2n) is 4.45. The molecule has 1 aromatic heterocycles. The number of pyridine rings is 1. The van der Waals surface area contributed by atoms with Crippen molar-refractivity contribution < 1.29 is 14.6 Å². The minimum atomic E-state index is -1.04. The second kappa shape index (κ2) is 5.12. The maximum absolute atomic E-state index is 10.7. The molecule has 0 radical (unpaired) electrons. The maximum atomic E-state index is 10.7. The topological polar surface area (TPSA) is 71.5 Å². The zero-order valence-corrected chi connectivity index (χ0v) is 10.8. The highest BCUT2D eigenvalue weighted by Gasteiger charge is 2.36. The van der Waals surface area contributed by atoms with E-state index < -0.39 is 5.97 Å². The summed E-state index contributed by atoms with van der Waals surface area (Å²) in [7, 11) is 1.70. The molecule has 0 amide bonds. The molecule has 1 aliphatic carbocycles. The summed E-state index contributed by atoms with van der Waals surface area (Å²) in [4.78, 5) is 14.8. The van der Waals surface area contributed by atoms with Gasteiger partial charge >= 0.3 is 5.97 Å². The largest absolute Gasteiger partial charge is 0.478 e. The van der Waals surface area contributed by atoms with Crippen LogP contribution < -0.4 is 5.32 Å². The first-order valence-corrected chi connectivity index (χ1v) is 6.12. The normalized spacial score (nSPS) is 17.0. The Labute approximate surface area is 110 Å². The van der Waals surface area contributed by atoms with Crippen LogP contribution in [0.1, 0.15) is 29.6 Å². The Kier molecular flexibility index (Phi) is 3.73. The molecule has 0 unspecified atom stereocenters. The molecule has 1 aliphatic rings. The van der Waals surface area contributed by atoms with Crippen molar-refractivity contribution in [3.63, 3.8) is 0 Å². The van der Waals surface area contributed by atoms with Gasteiger partial charge in [-0.25, -0.2) is 9.78 Å². The Balaban J connectivity index is 2.03. The van der Waals surface area contributed by atoms with Gasteiger partial charge in [-0.1, -0.05) is 11.6 Å². The van der Waals surface area contributed by atoms with Gasteiger partial charge in [0.15, 0.2) is 0 Å². The fraction of sp³-hybridized carbons (Fsp3) is 0.500. The van der Waals surface area contributed by atoms with Gasteiger partial charge in [0.1, 0.15) is 5.82 Å². The van der Waals surface area contributed by atoms with E-state index in [2.05, 4.69) is 10.3 Å². The van der Waals surface area contributed by atoms with Gasteiger partial charge in [-0.05, 0) is 25.3 Å². The second-order valence-corrected chi connectivity index (χ2v) is 4.86. The zero-order chi connectivity index (χ0) is 13.2. The van der Waals surface area contributed by atoms with Crippen molar-refractivity contribution in [1.29, 1.82) is 0 Å². The maximum Gasteiger partial charge on any atom is 0.337 e.